The van der Waals surface area contributed by atoms with Crippen molar-refractivity contribution >= 4 is 5.91 Å². The van der Waals surface area contributed by atoms with Crippen LogP contribution in [0.15, 0.2) is 16.9 Å². The van der Waals surface area contributed by atoms with Crippen LogP contribution in [0.5, 0.6) is 0 Å². The summed E-state index contributed by atoms with van der Waals surface area (Å²) in [6, 6.07) is 3.14. The first-order valence-electron chi connectivity index (χ1n) is 8.31. The highest BCUT2D eigenvalue weighted by molar-refractivity contribution is 5.94. The van der Waals surface area contributed by atoms with E-state index in [-0.39, 0.29) is 17.6 Å². The molecule has 1 saturated heterocycles. The number of morpholine rings is 1. The first kappa shape index (κ1) is 16.2. The minimum absolute atomic E-state index is 0.0412. The summed E-state index contributed by atoms with van der Waals surface area (Å²) in [5, 5.41) is 0. The Hall–Kier alpha value is -1.66. The van der Waals surface area contributed by atoms with Gasteiger partial charge in [-0.1, -0.05) is 0 Å². The number of ether oxygens (including phenoxy) is 1. The Labute approximate surface area is 136 Å². The summed E-state index contributed by atoms with van der Waals surface area (Å²) < 4.78 is 5.81. The Morgan fingerprint density at radius 1 is 1.39 bits per heavy atom. The fourth-order valence-corrected chi connectivity index (χ4v) is 3.06. The van der Waals surface area contributed by atoms with Gasteiger partial charge in [0.15, 0.2) is 0 Å². The molecule has 1 saturated carbocycles. The summed E-state index contributed by atoms with van der Waals surface area (Å²) in [6.07, 6.45) is 2.41. The van der Waals surface area contributed by atoms with Crippen molar-refractivity contribution in [3.8, 4) is 0 Å². The Bertz CT molecular complexity index is 624. The molecule has 2 fully saturated rings. The van der Waals surface area contributed by atoms with Gasteiger partial charge in [-0.2, -0.15) is 0 Å². The minimum Gasteiger partial charge on any atom is -0.374 e. The molecule has 0 bridgehead atoms. The number of carbonyl (C=O) groups is 1. The number of likely N-dealkylation sites (N-methyl/N-ethyl adjacent to an activating group) is 1. The topological polar surface area (TPSA) is 65.6 Å². The van der Waals surface area contributed by atoms with Gasteiger partial charge in [0.1, 0.15) is 0 Å². The molecule has 6 heteroatoms. The Balaban J connectivity index is 1.74. The van der Waals surface area contributed by atoms with Crippen molar-refractivity contribution in [1.82, 2.24) is 14.8 Å². The highest BCUT2D eigenvalue weighted by Crippen LogP contribution is 2.30. The molecule has 1 aliphatic carbocycles. The highest BCUT2D eigenvalue weighted by Gasteiger charge is 2.30. The van der Waals surface area contributed by atoms with Crippen molar-refractivity contribution < 1.29 is 9.53 Å². The van der Waals surface area contributed by atoms with Crippen LogP contribution in [0.1, 0.15) is 28.9 Å². The van der Waals surface area contributed by atoms with E-state index in [4.69, 9.17) is 4.74 Å². The molecule has 0 aromatic carbocycles. The maximum absolute atomic E-state index is 12.9. The van der Waals surface area contributed by atoms with Gasteiger partial charge in [-0.25, -0.2) is 0 Å². The van der Waals surface area contributed by atoms with Crippen molar-refractivity contribution in [3.63, 3.8) is 0 Å². The van der Waals surface area contributed by atoms with E-state index in [9.17, 15) is 9.59 Å². The molecule has 6 nitrogen and oxygen atoms in total. The molecule has 1 atom stereocenters. The standard InChI is InChI=1S/C17H25N3O3/c1-12-7-14(8-16(21)18-12)17(22)20(9-13-3-4-13)11-15-10-19(2)5-6-23-15/h7-8,13,15H,3-6,9-11H2,1-2H3,(H,18,21)/t15-/m0/s1. The van der Waals surface area contributed by atoms with E-state index >= 15 is 0 Å². The second-order valence-electron chi connectivity index (χ2n) is 6.82. The smallest absolute Gasteiger partial charge is 0.254 e. The van der Waals surface area contributed by atoms with E-state index in [1.807, 2.05) is 4.90 Å². The van der Waals surface area contributed by atoms with Crippen LogP contribution in [-0.4, -0.2) is 66.6 Å². The number of amides is 1. The van der Waals surface area contributed by atoms with Crippen LogP contribution >= 0.6 is 0 Å². The molecule has 1 aromatic rings. The van der Waals surface area contributed by atoms with Crippen LogP contribution in [0.3, 0.4) is 0 Å². The predicted octanol–water partition coefficient (Wildman–Crippen LogP) is 0.866. The third-order valence-electron chi connectivity index (χ3n) is 4.45. The first-order valence-corrected chi connectivity index (χ1v) is 8.31. The van der Waals surface area contributed by atoms with Gasteiger partial charge in [0, 0.05) is 43.5 Å². The van der Waals surface area contributed by atoms with E-state index in [0.717, 1.165) is 19.6 Å². The highest BCUT2D eigenvalue weighted by atomic mass is 16.5. The number of hydrogen-bond acceptors (Lipinski definition) is 4. The maximum Gasteiger partial charge on any atom is 0.254 e. The molecule has 1 amide bonds. The number of pyridine rings is 1. The van der Waals surface area contributed by atoms with Gasteiger partial charge in [-0.05, 0) is 38.8 Å². The van der Waals surface area contributed by atoms with E-state index in [0.29, 0.717) is 30.3 Å². The predicted molar refractivity (Wildman–Crippen MR) is 87.7 cm³/mol. The zero-order valence-corrected chi connectivity index (χ0v) is 13.9. The summed E-state index contributed by atoms with van der Waals surface area (Å²) >= 11 is 0. The number of H-pyrrole nitrogens is 1. The molecular formula is C17H25N3O3. The molecular weight excluding hydrogens is 294 g/mol. The number of nitrogens with zero attached hydrogens (tertiary/aromatic N) is 2. The fourth-order valence-electron chi connectivity index (χ4n) is 3.06. The van der Waals surface area contributed by atoms with Gasteiger partial charge < -0.3 is 19.5 Å². The van der Waals surface area contributed by atoms with E-state index in [2.05, 4.69) is 16.9 Å². The molecule has 1 aromatic heterocycles. The molecule has 126 valence electrons. The minimum atomic E-state index is -0.228. The lowest BCUT2D eigenvalue weighted by Gasteiger charge is -2.34. The average molecular weight is 319 g/mol. The third kappa shape index (κ3) is 4.42. The van der Waals surface area contributed by atoms with Crippen LogP contribution in [0.2, 0.25) is 0 Å². The number of aromatic amines is 1. The fraction of sp³-hybridized carbons (Fsp3) is 0.647. The summed E-state index contributed by atoms with van der Waals surface area (Å²) in [5.74, 6) is 0.534. The quantitative estimate of drug-likeness (QED) is 0.874. The maximum atomic E-state index is 12.9. The molecule has 0 radical (unpaired) electrons. The molecule has 2 aliphatic rings. The number of aromatic nitrogens is 1. The molecule has 1 aliphatic heterocycles. The van der Waals surface area contributed by atoms with Gasteiger partial charge in [0.05, 0.1) is 12.7 Å². The van der Waals surface area contributed by atoms with E-state index in [1.54, 1.807) is 13.0 Å². The monoisotopic (exact) mass is 319 g/mol. The number of nitrogens with one attached hydrogen (secondary N) is 1. The Morgan fingerprint density at radius 3 is 2.83 bits per heavy atom. The zero-order valence-electron chi connectivity index (χ0n) is 13.9. The van der Waals surface area contributed by atoms with Crippen molar-refractivity contribution in [2.45, 2.75) is 25.9 Å². The lowest BCUT2D eigenvalue weighted by Crippen LogP contribution is -2.48. The summed E-state index contributed by atoms with van der Waals surface area (Å²) in [6.45, 7) is 5.61. The number of carbonyl (C=O) groups excluding carboxylic acids is 1. The number of hydrogen-bond donors (Lipinski definition) is 1. The molecule has 1 N–H and O–H groups in total. The molecule has 0 unspecified atom stereocenters. The van der Waals surface area contributed by atoms with Gasteiger partial charge in [-0.3, -0.25) is 9.59 Å². The van der Waals surface area contributed by atoms with Crippen molar-refractivity contribution in [1.29, 1.82) is 0 Å². The van der Waals surface area contributed by atoms with Crippen LogP contribution in [-0.2, 0) is 4.74 Å². The zero-order chi connectivity index (χ0) is 16.4. The summed E-state index contributed by atoms with van der Waals surface area (Å²) in [7, 11) is 2.07. The van der Waals surface area contributed by atoms with Gasteiger partial charge in [0.25, 0.3) is 5.91 Å². The van der Waals surface area contributed by atoms with Gasteiger partial charge in [0.2, 0.25) is 5.56 Å². The molecule has 2 heterocycles. The Kier molecular flexibility index (Phi) is 4.82. The molecule has 23 heavy (non-hydrogen) atoms. The first-order chi connectivity index (χ1) is 11.0. The number of rotatable bonds is 5. The van der Waals surface area contributed by atoms with Crippen LogP contribution < -0.4 is 5.56 Å². The van der Waals surface area contributed by atoms with Crippen molar-refractivity contribution in [2.24, 2.45) is 5.92 Å². The normalized spacial score (nSPS) is 22.1. The van der Waals surface area contributed by atoms with Gasteiger partial charge in [-0.15, -0.1) is 0 Å². The lowest BCUT2D eigenvalue weighted by molar-refractivity contribution is -0.0331. The Morgan fingerprint density at radius 2 is 2.17 bits per heavy atom. The summed E-state index contributed by atoms with van der Waals surface area (Å²) in [5.41, 5.74) is 0.949. The number of aryl methyl sites for hydroxylation is 1. The average Bonchev–Trinajstić information content (AvgIpc) is 3.29. The largest absolute Gasteiger partial charge is 0.374 e. The molecule has 0 spiro atoms. The van der Waals surface area contributed by atoms with E-state index < -0.39 is 0 Å². The second kappa shape index (κ2) is 6.84. The van der Waals surface area contributed by atoms with Crippen molar-refractivity contribution in [3.05, 3.63) is 33.7 Å². The van der Waals surface area contributed by atoms with Crippen LogP contribution in [0.4, 0.5) is 0 Å². The second-order valence-corrected chi connectivity index (χ2v) is 6.82. The van der Waals surface area contributed by atoms with Crippen LogP contribution in [0, 0.1) is 12.8 Å². The van der Waals surface area contributed by atoms with E-state index in [1.165, 1.54) is 18.9 Å². The van der Waals surface area contributed by atoms with Crippen LogP contribution in [0.25, 0.3) is 0 Å². The summed E-state index contributed by atoms with van der Waals surface area (Å²) in [4.78, 5) is 31.3. The SMILES string of the molecule is Cc1cc(C(=O)N(CC2CC2)C[C@@H]2CN(C)CCO2)cc(=O)[nH]1. The third-order valence-corrected chi connectivity index (χ3v) is 4.45. The molecule has 3 rings (SSSR count). The van der Waals surface area contributed by atoms with Gasteiger partial charge >= 0.3 is 0 Å². The lowest BCUT2D eigenvalue weighted by atomic mass is 10.1. The van der Waals surface area contributed by atoms with Crippen molar-refractivity contribution in [2.75, 3.05) is 39.8 Å².